The van der Waals surface area contributed by atoms with E-state index in [0.29, 0.717) is 23.6 Å². The lowest BCUT2D eigenvalue weighted by atomic mass is 9.76. The summed E-state index contributed by atoms with van der Waals surface area (Å²) in [4.78, 5) is 55.2. The molecule has 0 spiro atoms. The fraction of sp³-hybridized carbons (Fsp3) is 0.410. The van der Waals surface area contributed by atoms with Gasteiger partial charge in [-0.05, 0) is 72.1 Å². The number of anilines is 2. The van der Waals surface area contributed by atoms with Gasteiger partial charge in [0.1, 0.15) is 11.4 Å². The van der Waals surface area contributed by atoms with Gasteiger partial charge in [-0.2, -0.15) is 5.01 Å². The highest BCUT2D eigenvalue weighted by atomic mass is 35.5. The standard InChI is InChI=1S/C39H44Cl3N5O5S/c1-8-29(52-30-15-14-23(38(4,5)9-2)19-26(30)39(6,7)10-3)35(49)43-25-13-11-12-22(18-25)34(48)44-33-32(46-16-17-53-37(46)51)36(50)47(45-33)31-27(41)20-24(40)21-28(31)42/h11-15,18-21,29,32H,8-10,16-17H2,1-7H3,(H,43,49)(H,44,45,48). The summed E-state index contributed by atoms with van der Waals surface area (Å²) >= 11 is 20.0. The summed E-state index contributed by atoms with van der Waals surface area (Å²) in [5.74, 6) is -0.553. The van der Waals surface area contributed by atoms with E-state index in [9.17, 15) is 19.2 Å². The first kappa shape index (κ1) is 40.4. The SMILES string of the molecule is CCC(Oc1ccc(C(C)(C)CC)cc1C(C)(C)CC)C(=O)Nc1cccc(C(=O)NC2=NN(c3c(Cl)cc(Cl)cc3Cl)C(=O)C2N2CCSC2=O)c1. The van der Waals surface area contributed by atoms with Gasteiger partial charge in [0.2, 0.25) is 0 Å². The van der Waals surface area contributed by atoms with Crippen LogP contribution in [0.15, 0.2) is 59.7 Å². The van der Waals surface area contributed by atoms with Crippen molar-refractivity contribution in [3.63, 3.8) is 0 Å². The molecule has 1 fully saturated rings. The molecule has 5 rings (SSSR count). The minimum Gasteiger partial charge on any atom is -0.480 e. The molecule has 2 N–H and O–H groups in total. The maximum Gasteiger partial charge on any atom is 0.282 e. The Morgan fingerprint density at radius 1 is 0.943 bits per heavy atom. The highest BCUT2D eigenvalue weighted by Gasteiger charge is 2.46. The van der Waals surface area contributed by atoms with Gasteiger partial charge in [0, 0.05) is 34.1 Å². The molecule has 282 valence electrons. The zero-order chi connectivity index (χ0) is 38.8. The average Bonchev–Trinajstić information content (AvgIpc) is 3.67. The number of ether oxygens (including phenoxy) is 1. The number of nitrogens with zero attached hydrogens (tertiary/aromatic N) is 3. The Kier molecular flexibility index (Phi) is 12.4. The number of amidine groups is 1. The molecule has 0 bridgehead atoms. The van der Waals surface area contributed by atoms with Gasteiger partial charge in [-0.15, -0.1) is 5.10 Å². The molecule has 2 heterocycles. The summed E-state index contributed by atoms with van der Waals surface area (Å²) in [5, 5.41) is 11.0. The number of carbonyl (C=O) groups is 4. The third-order valence-electron chi connectivity index (χ3n) is 10.0. The van der Waals surface area contributed by atoms with E-state index in [1.165, 1.54) is 28.7 Å². The molecule has 10 nitrogen and oxygen atoms in total. The summed E-state index contributed by atoms with van der Waals surface area (Å²) in [6.07, 6.45) is 1.46. The van der Waals surface area contributed by atoms with Gasteiger partial charge in [-0.1, -0.05) is 113 Å². The van der Waals surface area contributed by atoms with Gasteiger partial charge in [0.05, 0.1) is 10.0 Å². The molecule has 53 heavy (non-hydrogen) atoms. The average molecular weight is 801 g/mol. The first-order valence-electron chi connectivity index (χ1n) is 17.6. The predicted octanol–water partition coefficient (Wildman–Crippen LogP) is 9.45. The number of halogens is 3. The molecule has 2 unspecified atom stereocenters. The summed E-state index contributed by atoms with van der Waals surface area (Å²) in [6.45, 7) is 15.2. The predicted molar refractivity (Wildman–Crippen MR) is 215 cm³/mol. The number of hydrogen-bond acceptors (Lipinski definition) is 7. The third kappa shape index (κ3) is 8.64. The Bertz CT molecular complexity index is 1950. The fourth-order valence-corrected chi connectivity index (χ4v) is 7.76. The van der Waals surface area contributed by atoms with E-state index in [1.54, 1.807) is 18.2 Å². The smallest absolute Gasteiger partial charge is 0.282 e. The van der Waals surface area contributed by atoms with Crippen LogP contribution in [0.1, 0.15) is 89.2 Å². The number of nitrogens with one attached hydrogen (secondary N) is 2. The van der Waals surface area contributed by atoms with Crippen LogP contribution in [-0.2, 0) is 20.4 Å². The van der Waals surface area contributed by atoms with Crippen molar-refractivity contribution in [1.29, 1.82) is 0 Å². The Hall–Kier alpha value is -3.77. The van der Waals surface area contributed by atoms with Crippen molar-refractivity contribution in [3.05, 3.63) is 86.4 Å². The zero-order valence-corrected chi connectivity index (χ0v) is 33.9. The Morgan fingerprint density at radius 3 is 2.23 bits per heavy atom. The molecule has 0 aromatic heterocycles. The van der Waals surface area contributed by atoms with E-state index < -0.39 is 24.0 Å². The molecule has 0 radical (unpaired) electrons. The number of benzene rings is 3. The Labute approximate surface area is 329 Å². The van der Waals surface area contributed by atoms with Crippen LogP contribution in [0.5, 0.6) is 5.75 Å². The van der Waals surface area contributed by atoms with Crippen LogP contribution in [0, 0.1) is 0 Å². The van der Waals surface area contributed by atoms with Crippen LogP contribution in [0.3, 0.4) is 0 Å². The maximum absolute atomic E-state index is 13.8. The lowest BCUT2D eigenvalue weighted by Gasteiger charge is -2.31. The topological polar surface area (TPSA) is 120 Å². The van der Waals surface area contributed by atoms with Crippen LogP contribution in [0.4, 0.5) is 16.2 Å². The Balaban J connectivity index is 1.37. The minimum atomic E-state index is -1.22. The van der Waals surface area contributed by atoms with Crippen molar-refractivity contribution in [2.24, 2.45) is 5.10 Å². The highest BCUT2D eigenvalue weighted by Crippen LogP contribution is 2.41. The quantitative estimate of drug-likeness (QED) is 0.188. The lowest BCUT2D eigenvalue weighted by Crippen LogP contribution is -2.51. The molecule has 0 aliphatic carbocycles. The third-order valence-corrected chi connectivity index (χ3v) is 11.7. The number of hydrogen-bond donors (Lipinski definition) is 2. The molecule has 0 saturated carbocycles. The summed E-state index contributed by atoms with van der Waals surface area (Å²) in [6, 6.07) is 14.2. The normalized spacial score (nSPS) is 16.9. The van der Waals surface area contributed by atoms with Crippen LogP contribution in [-0.4, -0.2) is 58.1 Å². The van der Waals surface area contributed by atoms with Gasteiger partial charge in [0.15, 0.2) is 18.0 Å². The second kappa shape index (κ2) is 16.3. The molecule has 2 aliphatic heterocycles. The van der Waals surface area contributed by atoms with Crippen molar-refractivity contribution in [2.75, 3.05) is 22.6 Å². The molecule has 3 aromatic rings. The van der Waals surface area contributed by atoms with Crippen molar-refractivity contribution in [2.45, 2.75) is 90.7 Å². The highest BCUT2D eigenvalue weighted by molar-refractivity contribution is 8.13. The van der Waals surface area contributed by atoms with Crippen molar-refractivity contribution in [1.82, 2.24) is 10.2 Å². The van der Waals surface area contributed by atoms with E-state index in [-0.39, 0.29) is 60.7 Å². The van der Waals surface area contributed by atoms with Gasteiger partial charge < -0.3 is 20.3 Å². The number of carbonyl (C=O) groups excluding carboxylic acids is 4. The first-order chi connectivity index (χ1) is 25.0. The second-order valence-corrected chi connectivity index (χ2v) is 16.6. The largest absolute Gasteiger partial charge is 0.480 e. The van der Waals surface area contributed by atoms with E-state index >= 15 is 0 Å². The van der Waals surface area contributed by atoms with Gasteiger partial charge in [-0.3, -0.25) is 19.2 Å². The monoisotopic (exact) mass is 799 g/mol. The van der Waals surface area contributed by atoms with E-state index in [0.717, 1.165) is 35.2 Å². The van der Waals surface area contributed by atoms with Crippen LogP contribution >= 0.6 is 46.6 Å². The minimum absolute atomic E-state index is 0.0149. The molecule has 14 heteroatoms. The Morgan fingerprint density at radius 2 is 1.62 bits per heavy atom. The number of hydrazone groups is 1. The number of amides is 4. The van der Waals surface area contributed by atoms with E-state index in [4.69, 9.17) is 39.5 Å². The lowest BCUT2D eigenvalue weighted by molar-refractivity contribution is -0.123. The van der Waals surface area contributed by atoms with Gasteiger partial charge in [-0.25, -0.2) is 0 Å². The van der Waals surface area contributed by atoms with Crippen LogP contribution in [0.25, 0.3) is 0 Å². The number of rotatable bonds is 12. The maximum atomic E-state index is 13.8. The van der Waals surface area contributed by atoms with Crippen molar-refractivity contribution in [3.8, 4) is 5.75 Å². The van der Waals surface area contributed by atoms with Crippen molar-refractivity contribution < 1.29 is 23.9 Å². The summed E-state index contributed by atoms with van der Waals surface area (Å²) in [5.41, 5.74) is 2.67. The zero-order valence-electron chi connectivity index (χ0n) is 30.8. The summed E-state index contributed by atoms with van der Waals surface area (Å²) < 4.78 is 6.43. The molecule has 1 saturated heterocycles. The van der Waals surface area contributed by atoms with Gasteiger partial charge >= 0.3 is 0 Å². The fourth-order valence-electron chi connectivity index (χ4n) is 5.96. The molecule has 2 aliphatic rings. The second-order valence-electron chi connectivity index (χ2n) is 14.3. The van der Waals surface area contributed by atoms with Crippen LogP contribution in [0.2, 0.25) is 15.1 Å². The molecule has 4 amide bonds. The molecule has 3 aromatic carbocycles. The van der Waals surface area contributed by atoms with E-state index in [2.05, 4.69) is 69.4 Å². The van der Waals surface area contributed by atoms with Crippen molar-refractivity contribution >= 4 is 86.7 Å². The molecular weight excluding hydrogens is 757 g/mol. The molecule has 2 atom stereocenters. The first-order valence-corrected chi connectivity index (χ1v) is 19.7. The summed E-state index contributed by atoms with van der Waals surface area (Å²) in [7, 11) is 0. The van der Waals surface area contributed by atoms with Gasteiger partial charge in [0.25, 0.3) is 23.0 Å². The van der Waals surface area contributed by atoms with Crippen LogP contribution < -0.4 is 20.4 Å². The molecular formula is C39H44Cl3N5O5S. The number of thioether (sulfide) groups is 1. The van der Waals surface area contributed by atoms with E-state index in [1.807, 2.05) is 13.0 Å².